The highest BCUT2D eigenvalue weighted by atomic mass is 18.2. The molecule has 1 aromatic carbocycles. The van der Waals surface area contributed by atoms with Gasteiger partial charge in [0.15, 0.2) is 11.6 Å². The molecule has 0 fully saturated rings. The molecule has 0 aromatic heterocycles. The van der Waals surface area contributed by atoms with Gasteiger partial charge < -0.3 is 15.5 Å². The van der Waals surface area contributed by atoms with Crippen LogP contribution in [0, 0.1) is 5.82 Å². The average molecular weight is 198 g/mol. The summed E-state index contributed by atoms with van der Waals surface area (Å²) in [5.41, 5.74) is 0.527. The third-order valence-electron chi connectivity index (χ3n) is 2.02. The molecule has 1 rings (SSSR count). The molecule has 0 saturated carbocycles. The summed E-state index contributed by atoms with van der Waals surface area (Å²) in [7, 11) is 1.79. The molecular weight excluding hydrogens is 184 g/mol. The number of hydrogen-bond donors (Lipinski definition) is 3. The third-order valence-corrected chi connectivity index (χ3v) is 2.02. The van der Waals surface area contributed by atoms with Crippen LogP contribution in [0.5, 0.6) is 5.75 Å². The lowest BCUT2D eigenvalue weighted by atomic mass is 10.1. The number of aliphatic hydroxyl groups is 1. The van der Waals surface area contributed by atoms with Crippen molar-refractivity contribution in [3.63, 3.8) is 0 Å². The maximum Gasteiger partial charge on any atom is 0.164 e. The van der Waals surface area contributed by atoms with E-state index in [1.165, 1.54) is 12.1 Å². The van der Waals surface area contributed by atoms with Crippen molar-refractivity contribution in [3.8, 4) is 5.75 Å². The van der Waals surface area contributed by atoms with Crippen molar-refractivity contribution in [2.75, 3.05) is 13.6 Å². The minimum absolute atomic E-state index is 0.425. The standard InChI is InChI=1S/C10H14FNO2/c1-12-5-4-9(13)7-2-3-8(11)10(14)6-7/h2-3,6,9,12-14H,4-5H2,1H3/i11-1. The summed E-state index contributed by atoms with van der Waals surface area (Å²) in [5.74, 6) is -1.10. The van der Waals surface area contributed by atoms with Gasteiger partial charge in [0.05, 0.1) is 6.10 Å². The summed E-state index contributed by atoms with van der Waals surface area (Å²) in [6.07, 6.45) is -0.143. The Labute approximate surface area is 82.2 Å². The fraction of sp³-hybridized carbons (Fsp3) is 0.400. The maximum atomic E-state index is 12.7. The molecule has 0 radical (unpaired) electrons. The summed E-state index contributed by atoms with van der Waals surface area (Å²) >= 11 is 0. The minimum atomic E-state index is -0.672. The van der Waals surface area contributed by atoms with Crippen LogP contribution in [0.2, 0.25) is 0 Å². The van der Waals surface area contributed by atoms with E-state index in [1.807, 2.05) is 0 Å². The largest absolute Gasteiger partial charge is 0.505 e. The summed E-state index contributed by atoms with van der Waals surface area (Å²) in [5, 5.41) is 21.6. The lowest BCUT2D eigenvalue weighted by Crippen LogP contribution is -2.11. The van der Waals surface area contributed by atoms with Gasteiger partial charge in [0.25, 0.3) is 0 Å². The van der Waals surface area contributed by atoms with Crippen LogP contribution in [0.15, 0.2) is 18.2 Å². The second kappa shape index (κ2) is 4.93. The predicted molar refractivity (Wildman–Crippen MR) is 51.6 cm³/mol. The molecule has 0 saturated heterocycles. The number of aliphatic hydroxyl groups excluding tert-OH is 1. The number of rotatable bonds is 4. The van der Waals surface area contributed by atoms with Crippen molar-refractivity contribution in [2.45, 2.75) is 12.5 Å². The van der Waals surface area contributed by atoms with Crippen LogP contribution in [0.4, 0.5) is 4.39 Å². The molecule has 4 heteroatoms. The molecular formula is C10H14FNO2. The molecule has 0 heterocycles. The number of aromatic hydroxyl groups is 1. The molecule has 1 atom stereocenters. The average Bonchev–Trinajstić information content (AvgIpc) is 2.18. The Morgan fingerprint density at radius 3 is 2.79 bits per heavy atom. The Morgan fingerprint density at radius 2 is 2.21 bits per heavy atom. The zero-order chi connectivity index (χ0) is 10.6. The van der Waals surface area contributed by atoms with E-state index in [0.29, 0.717) is 18.5 Å². The van der Waals surface area contributed by atoms with Crippen LogP contribution in [-0.4, -0.2) is 23.8 Å². The van der Waals surface area contributed by atoms with E-state index in [0.717, 1.165) is 6.07 Å². The molecule has 78 valence electrons. The Balaban J connectivity index is 2.70. The quantitative estimate of drug-likeness (QED) is 0.680. The molecule has 14 heavy (non-hydrogen) atoms. The van der Waals surface area contributed by atoms with Crippen molar-refractivity contribution in [1.82, 2.24) is 5.32 Å². The van der Waals surface area contributed by atoms with Crippen molar-refractivity contribution in [3.05, 3.63) is 29.6 Å². The first kappa shape index (κ1) is 10.9. The Kier molecular flexibility index (Phi) is 3.85. The third kappa shape index (κ3) is 2.68. The fourth-order valence-corrected chi connectivity index (χ4v) is 1.18. The molecule has 1 unspecified atom stereocenters. The molecule has 3 N–H and O–H groups in total. The summed E-state index contributed by atoms with van der Waals surface area (Å²) in [6, 6.07) is 3.86. The molecule has 0 aliphatic carbocycles. The van der Waals surface area contributed by atoms with Gasteiger partial charge in [0.1, 0.15) is 0 Å². The first-order valence-corrected chi connectivity index (χ1v) is 4.46. The number of phenolic OH excluding ortho intramolecular Hbond substituents is 1. The van der Waals surface area contributed by atoms with Gasteiger partial charge in [-0.3, -0.25) is 0 Å². The highest BCUT2D eigenvalue weighted by molar-refractivity contribution is 5.30. The summed E-state index contributed by atoms with van der Waals surface area (Å²) in [6.45, 7) is 0.666. The first-order chi connectivity index (χ1) is 6.65. The van der Waals surface area contributed by atoms with E-state index in [1.54, 1.807) is 7.05 Å². The van der Waals surface area contributed by atoms with Crippen molar-refractivity contribution in [2.24, 2.45) is 0 Å². The highest BCUT2D eigenvalue weighted by Crippen LogP contribution is 2.22. The van der Waals surface area contributed by atoms with E-state index in [4.69, 9.17) is 5.11 Å². The topological polar surface area (TPSA) is 52.5 Å². The monoisotopic (exact) mass is 198 g/mol. The van der Waals surface area contributed by atoms with Crippen LogP contribution < -0.4 is 5.32 Å². The van der Waals surface area contributed by atoms with Gasteiger partial charge in [0, 0.05) is 0 Å². The summed E-state index contributed by atoms with van der Waals surface area (Å²) < 4.78 is 12.7. The van der Waals surface area contributed by atoms with Gasteiger partial charge in [0.2, 0.25) is 0 Å². The summed E-state index contributed by atoms with van der Waals surface area (Å²) in [4.78, 5) is 0. The van der Waals surface area contributed by atoms with Crippen molar-refractivity contribution in [1.29, 1.82) is 0 Å². The maximum absolute atomic E-state index is 12.7. The van der Waals surface area contributed by atoms with Gasteiger partial charge in [-0.2, -0.15) is 0 Å². The molecule has 0 amide bonds. The van der Waals surface area contributed by atoms with Gasteiger partial charge in [-0.05, 0) is 37.7 Å². The zero-order valence-corrected chi connectivity index (χ0v) is 8.00. The number of hydrogen-bond acceptors (Lipinski definition) is 3. The van der Waals surface area contributed by atoms with Crippen molar-refractivity contribution >= 4 is 0 Å². The Morgan fingerprint density at radius 1 is 1.50 bits per heavy atom. The van der Waals surface area contributed by atoms with E-state index in [9.17, 15) is 9.50 Å². The smallest absolute Gasteiger partial charge is 0.164 e. The SMILES string of the molecule is CNCCC(O)c1ccc([18F])c(O)c1. The van der Waals surface area contributed by atoms with Gasteiger partial charge >= 0.3 is 0 Å². The zero-order valence-electron chi connectivity index (χ0n) is 8.00. The molecule has 0 spiro atoms. The van der Waals surface area contributed by atoms with E-state index >= 15 is 0 Å². The molecule has 3 nitrogen and oxygen atoms in total. The fourth-order valence-electron chi connectivity index (χ4n) is 1.18. The van der Waals surface area contributed by atoms with Crippen LogP contribution in [-0.2, 0) is 0 Å². The van der Waals surface area contributed by atoms with Crippen LogP contribution in [0.25, 0.3) is 0 Å². The second-order valence-corrected chi connectivity index (χ2v) is 3.12. The molecule has 0 bridgehead atoms. The van der Waals surface area contributed by atoms with E-state index < -0.39 is 17.7 Å². The number of nitrogens with one attached hydrogen (secondary N) is 1. The second-order valence-electron chi connectivity index (χ2n) is 3.12. The Hall–Kier alpha value is -1.13. The van der Waals surface area contributed by atoms with Crippen molar-refractivity contribution < 1.29 is 14.6 Å². The first-order valence-electron chi connectivity index (χ1n) is 4.46. The van der Waals surface area contributed by atoms with Gasteiger partial charge in [-0.1, -0.05) is 6.07 Å². The van der Waals surface area contributed by atoms with E-state index in [-0.39, 0.29) is 0 Å². The lowest BCUT2D eigenvalue weighted by Gasteiger charge is -2.10. The van der Waals surface area contributed by atoms with E-state index in [2.05, 4.69) is 5.32 Å². The Bertz CT molecular complexity index is 304. The highest BCUT2D eigenvalue weighted by Gasteiger charge is 2.09. The van der Waals surface area contributed by atoms with Gasteiger partial charge in [-0.15, -0.1) is 0 Å². The minimum Gasteiger partial charge on any atom is -0.505 e. The molecule has 1 aromatic rings. The predicted octanol–water partition coefficient (Wildman–Crippen LogP) is 1.17. The number of halogens is 1. The molecule has 0 aliphatic rings. The van der Waals surface area contributed by atoms with Crippen LogP contribution >= 0.6 is 0 Å². The number of phenols is 1. The normalized spacial score (nSPS) is 12.8. The van der Waals surface area contributed by atoms with Crippen LogP contribution in [0.3, 0.4) is 0 Å². The van der Waals surface area contributed by atoms with Gasteiger partial charge in [-0.25, -0.2) is 4.39 Å². The van der Waals surface area contributed by atoms with Crippen LogP contribution in [0.1, 0.15) is 18.1 Å². The molecule has 0 aliphatic heterocycles. The lowest BCUT2D eigenvalue weighted by molar-refractivity contribution is 0.167. The number of benzene rings is 1.